The molecule has 45 heavy (non-hydrogen) atoms. The first-order valence-electron chi connectivity index (χ1n) is 15.7. The summed E-state index contributed by atoms with van der Waals surface area (Å²) in [6, 6.07) is 56.3. The van der Waals surface area contributed by atoms with Gasteiger partial charge in [-0.2, -0.15) is 0 Å². The van der Waals surface area contributed by atoms with Crippen LogP contribution in [-0.2, 0) is 0 Å². The molecular weight excluding hydrogens is 542 g/mol. The SMILES string of the molecule is c1ccc2c(c1)-c1cccc3c(-c4ccc(-n5c6ccccc6c6c7c(ccc65)-c5cccc6cccc-7c56)cc4)ccc-2c13. The van der Waals surface area contributed by atoms with Crippen molar-refractivity contribution in [2.75, 3.05) is 0 Å². The van der Waals surface area contributed by atoms with Gasteiger partial charge in [0.25, 0.3) is 0 Å². The van der Waals surface area contributed by atoms with E-state index in [9.17, 15) is 0 Å². The lowest BCUT2D eigenvalue weighted by atomic mass is 9.94. The molecule has 1 nitrogen and oxygen atoms in total. The first kappa shape index (κ1) is 23.5. The quantitative estimate of drug-likeness (QED) is 0.196. The van der Waals surface area contributed by atoms with Crippen LogP contribution in [0, 0.1) is 0 Å². The Morgan fingerprint density at radius 3 is 1.73 bits per heavy atom. The number of fused-ring (bicyclic) bond motifs is 10. The van der Waals surface area contributed by atoms with Crippen LogP contribution in [0.5, 0.6) is 0 Å². The van der Waals surface area contributed by atoms with E-state index in [1.807, 2.05) is 0 Å². The topological polar surface area (TPSA) is 4.93 Å². The molecule has 0 radical (unpaired) electrons. The van der Waals surface area contributed by atoms with Gasteiger partial charge in [0.05, 0.1) is 11.0 Å². The zero-order chi connectivity index (χ0) is 29.2. The van der Waals surface area contributed by atoms with Crippen molar-refractivity contribution in [1.29, 1.82) is 0 Å². The molecule has 1 aromatic heterocycles. The second kappa shape index (κ2) is 8.37. The molecule has 9 aromatic rings. The number of hydrogen-bond acceptors (Lipinski definition) is 0. The molecule has 0 aliphatic heterocycles. The molecule has 0 atom stereocenters. The third-order valence-corrected chi connectivity index (χ3v) is 10.3. The molecule has 0 amide bonds. The summed E-state index contributed by atoms with van der Waals surface area (Å²) in [7, 11) is 0. The van der Waals surface area contributed by atoms with Gasteiger partial charge in [-0.1, -0.05) is 127 Å². The lowest BCUT2D eigenvalue weighted by Crippen LogP contribution is -1.94. The molecule has 2 aliphatic carbocycles. The van der Waals surface area contributed by atoms with Gasteiger partial charge in [-0.05, 0) is 95.9 Å². The minimum atomic E-state index is 1.18. The van der Waals surface area contributed by atoms with Crippen LogP contribution in [0.15, 0.2) is 152 Å². The molecule has 0 fully saturated rings. The van der Waals surface area contributed by atoms with Crippen LogP contribution in [0.3, 0.4) is 0 Å². The van der Waals surface area contributed by atoms with Crippen LogP contribution < -0.4 is 0 Å². The standard InChI is InChI=1S/C44H25N/c1-2-11-31-30(10-1)33-15-7-14-32-29(22-23-35(31)42(32)33)26-18-20-28(21-19-26)45-39-17-4-3-12-37(39)44-40(45)25-24-36-34-13-5-8-27-9-6-16-38(41(27)34)43(36)44/h1-25H. The second-order valence-corrected chi connectivity index (χ2v) is 12.4. The van der Waals surface area contributed by atoms with Gasteiger partial charge in [0.2, 0.25) is 0 Å². The highest BCUT2D eigenvalue weighted by molar-refractivity contribution is 6.26. The van der Waals surface area contributed by atoms with Gasteiger partial charge in [0, 0.05) is 22.0 Å². The van der Waals surface area contributed by atoms with Crippen molar-refractivity contribution in [3.63, 3.8) is 0 Å². The summed E-state index contributed by atoms with van der Waals surface area (Å²) in [5, 5.41) is 7.99. The highest BCUT2D eigenvalue weighted by Crippen LogP contribution is 2.53. The Kier molecular flexibility index (Phi) is 4.38. The van der Waals surface area contributed by atoms with Crippen molar-refractivity contribution in [3.8, 4) is 61.3 Å². The molecular formula is C44H25N. The van der Waals surface area contributed by atoms with Crippen molar-refractivity contribution in [1.82, 2.24) is 4.57 Å². The number of aromatic nitrogens is 1. The largest absolute Gasteiger partial charge is 0.309 e. The van der Waals surface area contributed by atoms with E-state index in [0.29, 0.717) is 0 Å². The molecule has 1 heterocycles. The Morgan fingerprint density at radius 1 is 0.311 bits per heavy atom. The molecule has 1 heteroatoms. The zero-order valence-corrected chi connectivity index (χ0v) is 24.4. The molecule has 0 spiro atoms. The Balaban J connectivity index is 1.11. The van der Waals surface area contributed by atoms with E-state index in [1.54, 1.807) is 0 Å². The van der Waals surface area contributed by atoms with Gasteiger partial charge in [0.1, 0.15) is 0 Å². The first-order chi connectivity index (χ1) is 22.3. The summed E-state index contributed by atoms with van der Waals surface area (Å²) in [6.45, 7) is 0. The van der Waals surface area contributed by atoms with Gasteiger partial charge in [-0.25, -0.2) is 0 Å². The van der Waals surface area contributed by atoms with E-state index < -0.39 is 0 Å². The smallest absolute Gasteiger partial charge is 0.0547 e. The van der Waals surface area contributed by atoms with Crippen molar-refractivity contribution >= 4 is 43.4 Å². The summed E-state index contributed by atoms with van der Waals surface area (Å²) in [4.78, 5) is 0. The maximum Gasteiger partial charge on any atom is 0.0547 e. The fourth-order valence-corrected chi connectivity index (χ4v) is 8.47. The maximum atomic E-state index is 2.45. The van der Waals surface area contributed by atoms with E-state index in [1.165, 1.54) is 105 Å². The second-order valence-electron chi connectivity index (χ2n) is 12.4. The Labute approximate surface area is 260 Å². The van der Waals surface area contributed by atoms with Crippen LogP contribution >= 0.6 is 0 Å². The number of para-hydroxylation sites is 1. The summed E-state index contributed by atoms with van der Waals surface area (Å²) in [5.74, 6) is 0. The Morgan fingerprint density at radius 2 is 0.911 bits per heavy atom. The molecule has 206 valence electrons. The van der Waals surface area contributed by atoms with E-state index in [4.69, 9.17) is 0 Å². The molecule has 11 rings (SSSR count). The summed E-state index contributed by atoms with van der Waals surface area (Å²) >= 11 is 0. The van der Waals surface area contributed by atoms with E-state index in [-0.39, 0.29) is 0 Å². The number of rotatable bonds is 2. The molecule has 0 unspecified atom stereocenters. The van der Waals surface area contributed by atoms with Gasteiger partial charge < -0.3 is 4.57 Å². The van der Waals surface area contributed by atoms with Gasteiger partial charge in [-0.15, -0.1) is 0 Å². The number of benzene rings is 8. The lowest BCUT2D eigenvalue weighted by molar-refractivity contribution is 1.18. The predicted octanol–water partition coefficient (Wildman–Crippen LogP) is 12.1. The first-order valence-corrected chi connectivity index (χ1v) is 15.7. The van der Waals surface area contributed by atoms with Crippen LogP contribution in [-0.4, -0.2) is 4.57 Å². The van der Waals surface area contributed by atoms with Crippen LogP contribution in [0.4, 0.5) is 0 Å². The van der Waals surface area contributed by atoms with Gasteiger partial charge in [-0.3, -0.25) is 0 Å². The Bertz CT molecular complexity index is 2710. The van der Waals surface area contributed by atoms with Crippen molar-refractivity contribution in [2.45, 2.75) is 0 Å². The van der Waals surface area contributed by atoms with Crippen LogP contribution in [0.2, 0.25) is 0 Å². The summed E-state index contributed by atoms with van der Waals surface area (Å²) in [5.41, 5.74) is 16.9. The highest BCUT2D eigenvalue weighted by atomic mass is 15.0. The molecule has 0 bridgehead atoms. The minimum Gasteiger partial charge on any atom is -0.309 e. The van der Waals surface area contributed by atoms with Crippen molar-refractivity contribution < 1.29 is 0 Å². The average molecular weight is 568 g/mol. The fraction of sp³-hybridized carbons (Fsp3) is 0. The summed E-state index contributed by atoms with van der Waals surface area (Å²) < 4.78 is 2.45. The van der Waals surface area contributed by atoms with E-state index in [2.05, 4.69) is 156 Å². The van der Waals surface area contributed by atoms with Crippen LogP contribution in [0.1, 0.15) is 0 Å². The fourth-order valence-electron chi connectivity index (χ4n) is 8.47. The van der Waals surface area contributed by atoms with Crippen molar-refractivity contribution in [3.05, 3.63) is 152 Å². The number of nitrogens with zero attached hydrogens (tertiary/aromatic N) is 1. The molecule has 2 aliphatic rings. The monoisotopic (exact) mass is 567 g/mol. The summed E-state index contributed by atoms with van der Waals surface area (Å²) in [6.07, 6.45) is 0. The van der Waals surface area contributed by atoms with E-state index in [0.717, 1.165) is 0 Å². The van der Waals surface area contributed by atoms with Gasteiger partial charge >= 0.3 is 0 Å². The van der Waals surface area contributed by atoms with Crippen molar-refractivity contribution in [2.24, 2.45) is 0 Å². The molecule has 0 N–H and O–H groups in total. The lowest BCUT2D eigenvalue weighted by Gasteiger charge is -2.12. The minimum absolute atomic E-state index is 1.18. The zero-order valence-electron chi connectivity index (χ0n) is 24.4. The van der Waals surface area contributed by atoms with Gasteiger partial charge in [0.15, 0.2) is 0 Å². The average Bonchev–Trinajstić information content (AvgIpc) is 3.73. The van der Waals surface area contributed by atoms with E-state index >= 15 is 0 Å². The molecule has 8 aromatic carbocycles. The maximum absolute atomic E-state index is 2.45. The predicted molar refractivity (Wildman–Crippen MR) is 190 cm³/mol. The normalized spacial score (nSPS) is 12.4. The molecule has 0 saturated heterocycles. The number of hydrogen-bond donors (Lipinski definition) is 0. The third kappa shape index (κ3) is 2.93. The Hall–Kier alpha value is -5.92. The highest BCUT2D eigenvalue weighted by Gasteiger charge is 2.26. The van der Waals surface area contributed by atoms with Crippen LogP contribution in [0.25, 0.3) is 105 Å². The third-order valence-electron chi connectivity index (χ3n) is 10.3. The molecule has 0 saturated carbocycles.